The number of aryl methyl sites for hydroxylation is 1. The van der Waals surface area contributed by atoms with Crippen LogP contribution in [-0.4, -0.2) is 73.3 Å². The summed E-state index contributed by atoms with van der Waals surface area (Å²) in [7, 11) is 1.59. The van der Waals surface area contributed by atoms with Gasteiger partial charge in [-0.15, -0.1) is 0 Å². The number of esters is 1. The van der Waals surface area contributed by atoms with E-state index in [9.17, 15) is 23.6 Å². The monoisotopic (exact) mass is 631 g/mol. The molecule has 0 fully saturated rings. The van der Waals surface area contributed by atoms with Gasteiger partial charge in [-0.3, -0.25) is 14.9 Å². The Morgan fingerprint density at radius 2 is 1.80 bits per heavy atom. The van der Waals surface area contributed by atoms with Gasteiger partial charge in [-0.05, 0) is 49.3 Å². The van der Waals surface area contributed by atoms with E-state index >= 15 is 0 Å². The average molecular weight is 632 g/mol. The lowest BCUT2D eigenvalue weighted by Gasteiger charge is -2.28. The van der Waals surface area contributed by atoms with Crippen LogP contribution in [0.5, 0.6) is 0 Å². The van der Waals surface area contributed by atoms with E-state index in [-0.39, 0.29) is 57.5 Å². The number of pyridine rings is 1. The third kappa shape index (κ3) is 11.3. The van der Waals surface area contributed by atoms with Crippen molar-refractivity contribution < 1.29 is 33.0 Å². The van der Waals surface area contributed by atoms with Gasteiger partial charge in [0, 0.05) is 31.6 Å². The molecule has 44 heavy (non-hydrogen) atoms. The maximum absolute atomic E-state index is 13.8. The molecular formula is C31H39ClFN5O6. The number of carbonyl (C=O) groups excluding carboxylic acids is 4. The quantitative estimate of drug-likeness (QED) is 0.162. The van der Waals surface area contributed by atoms with E-state index in [1.807, 2.05) is 24.3 Å². The molecule has 1 atom stereocenters. The summed E-state index contributed by atoms with van der Waals surface area (Å²) in [6, 6.07) is 12.6. The standard InChI is InChI=1S/C30H35ClFN5O6.CH4/c1-3-42-27(39)18-35-29(40)33-15-7-11-23(37(2)26(38)14-13-20-10-6-12-24(32)28(20)31)19-43-30(41)36-25-16-21-8-4-5-9-22(21)17-34-25;/h4-6,8-10,12,16-17,23H,3,7,11,13-15,18-19H2,1-2H3,(H2,33,35,40)(H,34,36,41);1H4/t23-;/m0./s1. The predicted octanol–water partition coefficient (Wildman–Crippen LogP) is 5.31. The molecule has 2 aromatic carbocycles. The summed E-state index contributed by atoms with van der Waals surface area (Å²) in [5.41, 5.74) is 0.511. The second kappa shape index (κ2) is 18.3. The number of hydrogen-bond acceptors (Lipinski definition) is 7. The highest BCUT2D eigenvalue weighted by molar-refractivity contribution is 6.31. The molecule has 3 rings (SSSR count). The second-order valence-electron chi connectivity index (χ2n) is 9.57. The van der Waals surface area contributed by atoms with Crippen molar-refractivity contribution in [1.82, 2.24) is 20.5 Å². The van der Waals surface area contributed by atoms with Gasteiger partial charge in [0.25, 0.3) is 0 Å². The summed E-state index contributed by atoms with van der Waals surface area (Å²) >= 11 is 6.03. The van der Waals surface area contributed by atoms with E-state index in [1.54, 1.807) is 32.3 Å². The minimum Gasteiger partial charge on any atom is -0.465 e. The smallest absolute Gasteiger partial charge is 0.412 e. The summed E-state index contributed by atoms with van der Waals surface area (Å²) in [5, 5.41) is 9.43. The molecule has 0 saturated carbocycles. The van der Waals surface area contributed by atoms with E-state index in [1.165, 1.54) is 17.0 Å². The fourth-order valence-corrected chi connectivity index (χ4v) is 4.40. The number of likely N-dealkylation sites (N-methyl/N-ethyl adjacent to an activating group) is 1. The van der Waals surface area contributed by atoms with E-state index in [0.29, 0.717) is 24.2 Å². The first-order valence-electron chi connectivity index (χ1n) is 13.8. The first-order chi connectivity index (χ1) is 20.7. The van der Waals surface area contributed by atoms with Crippen LogP contribution >= 0.6 is 11.6 Å². The summed E-state index contributed by atoms with van der Waals surface area (Å²) in [4.78, 5) is 54.7. The van der Waals surface area contributed by atoms with Crippen LogP contribution in [0.15, 0.2) is 54.7 Å². The number of fused-ring (bicyclic) bond motifs is 1. The Kier molecular flexibility index (Phi) is 14.8. The Balaban J connectivity index is 0.00000675. The van der Waals surface area contributed by atoms with Crippen LogP contribution in [0.3, 0.4) is 0 Å². The maximum atomic E-state index is 13.8. The Labute approximate surface area is 261 Å². The number of rotatable bonds is 14. The predicted molar refractivity (Wildman–Crippen MR) is 167 cm³/mol. The van der Waals surface area contributed by atoms with Crippen molar-refractivity contribution in [1.29, 1.82) is 0 Å². The van der Waals surface area contributed by atoms with E-state index in [2.05, 4.69) is 20.9 Å². The number of carbonyl (C=O) groups is 4. The largest absolute Gasteiger partial charge is 0.465 e. The second-order valence-corrected chi connectivity index (χ2v) is 9.95. The van der Waals surface area contributed by atoms with Crippen molar-refractivity contribution >= 4 is 52.2 Å². The van der Waals surface area contributed by atoms with E-state index in [0.717, 1.165) is 10.8 Å². The molecule has 0 spiro atoms. The third-order valence-electron chi connectivity index (χ3n) is 6.55. The number of nitrogens with one attached hydrogen (secondary N) is 3. The van der Waals surface area contributed by atoms with Gasteiger partial charge in [0.15, 0.2) is 0 Å². The molecule has 1 heterocycles. The van der Waals surface area contributed by atoms with Crippen LogP contribution < -0.4 is 16.0 Å². The molecule has 238 valence electrons. The Bertz CT molecular complexity index is 1430. The lowest BCUT2D eigenvalue weighted by atomic mass is 10.1. The van der Waals surface area contributed by atoms with Gasteiger partial charge in [0.1, 0.15) is 24.8 Å². The maximum Gasteiger partial charge on any atom is 0.412 e. The molecule has 0 saturated heterocycles. The zero-order valence-electron chi connectivity index (χ0n) is 24.0. The Morgan fingerprint density at radius 1 is 1.05 bits per heavy atom. The van der Waals surface area contributed by atoms with Gasteiger partial charge in [0.2, 0.25) is 5.91 Å². The van der Waals surface area contributed by atoms with Crippen molar-refractivity contribution in [3.05, 3.63) is 71.1 Å². The summed E-state index contributed by atoms with van der Waals surface area (Å²) in [6.45, 7) is 1.73. The number of anilines is 1. The number of hydrogen-bond donors (Lipinski definition) is 3. The number of amides is 4. The van der Waals surface area contributed by atoms with Gasteiger partial charge in [-0.25, -0.2) is 19.0 Å². The molecule has 0 aliphatic rings. The zero-order valence-corrected chi connectivity index (χ0v) is 24.8. The molecule has 3 aromatic rings. The molecule has 3 N–H and O–H groups in total. The molecule has 0 radical (unpaired) electrons. The normalized spacial score (nSPS) is 11.1. The first kappa shape index (κ1) is 35.7. The SMILES string of the molecule is C.CCOC(=O)CNC(=O)NCCC[C@@H](COC(=O)Nc1cc2ccccc2cn1)N(C)C(=O)CCc1cccc(F)c1Cl. The lowest BCUT2D eigenvalue weighted by molar-refractivity contribution is -0.141. The van der Waals surface area contributed by atoms with Crippen LogP contribution in [0.1, 0.15) is 39.2 Å². The minimum absolute atomic E-state index is 0. The van der Waals surface area contributed by atoms with E-state index < -0.39 is 30.0 Å². The van der Waals surface area contributed by atoms with E-state index in [4.69, 9.17) is 21.1 Å². The van der Waals surface area contributed by atoms with Gasteiger partial charge in [-0.1, -0.05) is 55.4 Å². The molecule has 11 nitrogen and oxygen atoms in total. The van der Waals surface area contributed by atoms with Crippen LogP contribution in [0, 0.1) is 5.82 Å². The fourth-order valence-electron chi connectivity index (χ4n) is 4.18. The molecule has 0 unspecified atom stereocenters. The van der Waals surface area contributed by atoms with Crippen molar-refractivity contribution in [2.45, 2.75) is 46.1 Å². The van der Waals surface area contributed by atoms with Gasteiger partial charge in [0.05, 0.1) is 17.7 Å². The van der Waals surface area contributed by atoms with Crippen LogP contribution in [0.25, 0.3) is 10.8 Å². The van der Waals surface area contributed by atoms with Crippen molar-refractivity contribution in [3.63, 3.8) is 0 Å². The van der Waals surface area contributed by atoms with Crippen molar-refractivity contribution in [2.24, 2.45) is 0 Å². The average Bonchev–Trinajstić information content (AvgIpc) is 3.00. The number of aromatic nitrogens is 1. The molecular weight excluding hydrogens is 593 g/mol. The Hall–Kier alpha value is -4.45. The highest BCUT2D eigenvalue weighted by Gasteiger charge is 2.22. The zero-order chi connectivity index (χ0) is 31.2. The summed E-state index contributed by atoms with van der Waals surface area (Å²) in [6.07, 6.45) is 1.99. The van der Waals surface area contributed by atoms with Crippen LogP contribution in [-0.2, 0) is 25.5 Å². The molecule has 13 heteroatoms. The number of urea groups is 1. The topological polar surface area (TPSA) is 139 Å². The van der Waals surface area contributed by atoms with Gasteiger partial charge >= 0.3 is 18.1 Å². The highest BCUT2D eigenvalue weighted by atomic mass is 35.5. The lowest BCUT2D eigenvalue weighted by Crippen LogP contribution is -2.42. The summed E-state index contributed by atoms with van der Waals surface area (Å²) in [5.74, 6) is -1.05. The number of benzene rings is 2. The molecule has 4 amide bonds. The van der Waals surface area contributed by atoms with Crippen molar-refractivity contribution in [3.8, 4) is 0 Å². The Morgan fingerprint density at radius 3 is 2.55 bits per heavy atom. The molecule has 1 aromatic heterocycles. The molecule has 0 aliphatic heterocycles. The highest BCUT2D eigenvalue weighted by Crippen LogP contribution is 2.22. The first-order valence-corrected chi connectivity index (χ1v) is 14.2. The summed E-state index contributed by atoms with van der Waals surface area (Å²) < 4.78 is 24.0. The number of halogens is 2. The van der Waals surface area contributed by atoms with Crippen molar-refractivity contribution in [2.75, 3.05) is 38.7 Å². The third-order valence-corrected chi connectivity index (χ3v) is 6.97. The fraction of sp³-hybridized carbons (Fsp3) is 0.387. The number of ether oxygens (including phenoxy) is 2. The van der Waals surface area contributed by atoms with Gasteiger partial charge < -0.3 is 25.0 Å². The molecule has 0 bridgehead atoms. The minimum atomic E-state index is -0.739. The molecule has 0 aliphatic carbocycles. The van der Waals surface area contributed by atoms with Crippen LogP contribution in [0.2, 0.25) is 5.02 Å². The van der Waals surface area contributed by atoms with Gasteiger partial charge in [-0.2, -0.15) is 0 Å². The number of nitrogens with zero attached hydrogens (tertiary/aromatic N) is 2. The van der Waals surface area contributed by atoms with Crippen LogP contribution in [0.4, 0.5) is 19.8 Å².